The van der Waals surface area contributed by atoms with Crippen LogP contribution in [0.2, 0.25) is 0 Å². The van der Waals surface area contributed by atoms with E-state index in [1.54, 1.807) is 24.3 Å². The summed E-state index contributed by atoms with van der Waals surface area (Å²) in [5.74, 6) is -1.28. The molecule has 2 heterocycles. The summed E-state index contributed by atoms with van der Waals surface area (Å²) >= 11 is 0. The Labute approximate surface area is 179 Å². The van der Waals surface area contributed by atoms with E-state index in [9.17, 15) is 23.1 Å². The maximum absolute atomic E-state index is 13.8. The van der Waals surface area contributed by atoms with Gasteiger partial charge < -0.3 is 10.4 Å². The number of carbonyl (C=O) groups excluding carboxylic acids is 2. The topological polar surface area (TPSA) is 104 Å². The van der Waals surface area contributed by atoms with E-state index < -0.39 is 39.2 Å². The van der Waals surface area contributed by atoms with E-state index in [1.807, 2.05) is 24.3 Å². The molecule has 2 aliphatic rings. The molecule has 0 saturated carbocycles. The number of hydrogen-bond donors (Lipinski definition) is 2. The van der Waals surface area contributed by atoms with Crippen molar-refractivity contribution in [3.05, 3.63) is 77.9 Å². The van der Waals surface area contributed by atoms with Crippen LogP contribution in [0.4, 0.5) is 0 Å². The monoisotopic (exact) mass is 436 g/mol. The SMILES string of the molecule is O=C1c2ccccc2C(=O)N1C(C1CC(O)CN1)S(=O)(=O)c1ccc2ccccc2c1. The van der Waals surface area contributed by atoms with E-state index in [2.05, 4.69) is 5.32 Å². The van der Waals surface area contributed by atoms with Crippen LogP contribution in [0.15, 0.2) is 71.6 Å². The Morgan fingerprint density at radius 1 is 0.903 bits per heavy atom. The van der Waals surface area contributed by atoms with Crippen LogP contribution >= 0.6 is 0 Å². The van der Waals surface area contributed by atoms with Crippen molar-refractivity contribution in [2.24, 2.45) is 0 Å². The molecular weight excluding hydrogens is 416 g/mol. The Balaban J connectivity index is 1.64. The molecule has 0 radical (unpaired) electrons. The minimum atomic E-state index is -4.16. The number of rotatable bonds is 4. The van der Waals surface area contributed by atoms with Gasteiger partial charge >= 0.3 is 0 Å². The van der Waals surface area contributed by atoms with Crippen molar-refractivity contribution in [1.82, 2.24) is 10.2 Å². The molecule has 0 aliphatic carbocycles. The molecule has 0 spiro atoms. The third-order valence-corrected chi connectivity index (χ3v) is 8.02. The zero-order valence-electron chi connectivity index (χ0n) is 16.4. The van der Waals surface area contributed by atoms with Gasteiger partial charge in [0.15, 0.2) is 5.37 Å². The first-order valence-corrected chi connectivity index (χ1v) is 11.5. The van der Waals surface area contributed by atoms with E-state index in [0.29, 0.717) is 0 Å². The summed E-state index contributed by atoms with van der Waals surface area (Å²) < 4.78 is 27.7. The Bertz CT molecular complexity index is 1290. The molecule has 7 nitrogen and oxygen atoms in total. The van der Waals surface area contributed by atoms with Crippen LogP contribution < -0.4 is 5.32 Å². The lowest BCUT2D eigenvalue weighted by Gasteiger charge is -2.31. The molecule has 2 aliphatic heterocycles. The van der Waals surface area contributed by atoms with Gasteiger partial charge in [0, 0.05) is 12.6 Å². The van der Waals surface area contributed by atoms with Crippen molar-refractivity contribution >= 4 is 32.4 Å². The van der Waals surface area contributed by atoms with Gasteiger partial charge in [-0.3, -0.25) is 14.5 Å². The van der Waals surface area contributed by atoms with E-state index in [4.69, 9.17) is 0 Å². The maximum Gasteiger partial charge on any atom is 0.262 e. The zero-order valence-corrected chi connectivity index (χ0v) is 17.2. The van der Waals surface area contributed by atoms with Gasteiger partial charge in [0.25, 0.3) is 11.8 Å². The molecule has 2 amide bonds. The normalized spacial score (nSPS) is 22.2. The van der Waals surface area contributed by atoms with Gasteiger partial charge in [-0.05, 0) is 41.5 Å². The maximum atomic E-state index is 13.8. The second kappa shape index (κ2) is 7.26. The molecular formula is C23H20N2O5S. The van der Waals surface area contributed by atoms with Crippen molar-refractivity contribution in [3.63, 3.8) is 0 Å². The highest BCUT2D eigenvalue weighted by molar-refractivity contribution is 7.92. The number of aliphatic hydroxyl groups is 1. The lowest BCUT2D eigenvalue weighted by molar-refractivity contribution is 0.0608. The summed E-state index contributed by atoms with van der Waals surface area (Å²) in [5.41, 5.74) is 0.370. The molecule has 3 aromatic rings. The van der Waals surface area contributed by atoms with Crippen LogP contribution in [0.25, 0.3) is 10.8 Å². The van der Waals surface area contributed by atoms with Gasteiger partial charge in [-0.25, -0.2) is 8.42 Å². The number of hydrogen-bond acceptors (Lipinski definition) is 6. The molecule has 2 N–H and O–H groups in total. The highest BCUT2D eigenvalue weighted by atomic mass is 32.2. The fraction of sp³-hybridized carbons (Fsp3) is 0.217. The van der Waals surface area contributed by atoms with Gasteiger partial charge in [-0.2, -0.15) is 0 Å². The van der Waals surface area contributed by atoms with Crippen LogP contribution in [-0.2, 0) is 9.84 Å². The van der Waals surface area contributed by atoms with E-state index in [-0.39, 0.29) is 29.0 Å². The zero-order chi connectivity index (χ0) is 21.8. The molecule has 8 heteroatoms. The summed E-state index contributed by atoms with van der Waals surface area (Å²) in [6.07, 6.45) is -0.639. The predicted octanol–water partition coefficient (Wildman–Crippen LogP) is 1.96. The summed E-state index contributed by atoms with van der Waals surface area (Å²) in [6.45, 7) is 0.192. The lowest BCUT2D eigenvalue weighted by Crippen LogP contribution is -2.54. The number of amides is 2. The molecule has 3 atom stereocenters. The Morgan fingerprint density at radius 3 is 2.13 bits per heavy atom. The van der Waals surface area contributed by atoms with E-state index in [1.165, 1.54) is 18.2 Å². The van der Waals surface area contributed by atoms with Gasteiger partial charge in [0.05, 0.1) is 22.1 Å². The van der Waals surface area contributed by atoms with Crippen LogP contribution in [0.5, 0.6) is 0 Å². The van der Waals surface area contributed by atoms with E-state index >= 15 is 0 Å². The molecule has 158 valence electrons. The summed E-state index contributed by atoms with van der Waals surface area (Å²) in [6, 6.07) is 17.7. The van der Waals surface area contributed by atoms with Gasteiger partial charge in [0.1, 0.15) is 0 Å². The second-order valence-corrected chi connectivity index (χ2v) is 9.92. The minimum Gasteiger partial charge on any atom is -0.392 e. The third-order valence-electron chi connectivity index (χ3n) is 5.93. The fourth-order valence-electron chi connectivity index (χ4n) is 4.42. The van der Waals surface area contributed by atoms with Crippen molar-refractivity contribution < 1.29 is 23.1 Å². The molecule has 0 aromatic heterocycles. The number of aliphatic hydroxyl groups excluding tert-OH is 1. The van der Waals surface area contributed by atoms with Crippen molar-refractivity contribution in [1.29, 1.82) is 0 Å². The fourth-order valence-corrected chi connectivity index (χ4v) is 6.36. The number of nitrogens with zero attached hydrogens (tertiary/aromatic N) is 1. The highest BCUT2D eigenvalue weighted by Crippen LogP contribution is 2.33. The number of β-amino-alcohol motifs (C(OH)–C–C–N with tert-alkyl or cyclic N) is 1. The number of imide groups is 1. The molecule has 1 fully saturated rings. The Hall–Kier alpha value is -3.07. The first-order chi connectivity index (χ1) is 14.9. The van der Waals surface area contributed by atoms with Crippen molar-refractivity contribution in [2.75, 3.05) is 6.54 Å². The third kappa shape index (κ3) is 3.15. The number of fused-ring (bicyclic) bond motifs is 2. The Kier molecular flexibility index (Phi) is 4.65. The molecule has 1 saturated heterocycles. The molecule has 0 bridgehead atoms. The summed E-state index contributed by atoms with van der Waals surface area (Å²) in [4.78, 5) is 27.1. The summed E-state index contributed by atoms with van der Waals surface area (Å²) in [5, 5.41) is 13.2. The predicted molar refractivity (Wildman–Crippen MR) is 114 cm³/mol. The van der Waals surface area contributed by atoms with Crippen LogP contribution in [0, 0.1) is 0 Å². The lowest BCUT2D eigenvalue weighted by atomic mass is 10.1. The van der Waals surface area contributed by atoms with E-state index in [0.717, 1.165) is 15.7 Å². The van der Waals surface area contributed by atoms with Crippen LogP contribution in [0.3, 0.4) is 0 Å². The molecule has 5 rings (SSSR count). The van der Waals surface area contributed by atoms with Crippen molar-refractivity contribution in [2.45, 2.75) is 28.8 Å². The van der Waals surface area contributed by atoms with Crippen LogP contribution in [0.1, 0.15) is 27.1 Å². The van der Waals surface area contributed by atoms with Crippen molar-refractivity contribution in [3.8, 4) is 0 Å². The van der Waals surface area contributed by atoms with Gasteiger partial charge in [-0.1, -0.05) is 42.5 Å². The van der Waals surface area contributed by atoms with Crippen LogP contribution in [-0.4, -0.2) is 54.3 Å². The number of sulfone groups is 1. The highest BCUT2D eigenvalue weighted by Gasteiger charge is 2.50. The smallest absolute Gasteiger partial charge is 0.262 e. The Morgan fingerprint density at radius 2 is 1.52 bits per heavy atom. The number of nitrogens with one attached hydrogen (secondary N) is 1. The average molecular weight is 436 g/mol. The first kappa shape index (κ1) is 19.9. The minimum absolute atomic E-state index is 0.0240. The molecule has 3 unspecified atom stereocenters. The largest absolute Gasteiger partial charge is 0.392 e. The average Bonchev–Trinajstić information content (AvgIpc) is 3.30. The first-order valence-electron chi connectivity index (χ1n) is 9.99. The summed E-state index contributed by atoms with van der Waals surface area (Å²) in [7, 11) is -4.16. The van der Waals surface area contributed by atoms with Gasteiger partial charge in [0.2, 0.25) is 9.84 Å². The quantitative estimate of drug-likeness (QED) is 0.606. The standard InChI is InChI=1S/C23H20N2O5S/c26-16-12-20(24-13-16)23(25-21(27)18-7-3-4-8-19(18)22(25)28)31(29,30)17-10-9-14-5-1-2-6-15(14)11-17/h1-11,16,20,23-24,26H,12-13H2. The second-order valence-electron chi connectivity index (χ2n) is 7.87. The van der Waals surface area contributed by atoms with Gasteiger partial charge in [-0.15, -0.1) is 0 Å². The molecule has 3 aromatic carbocycles. The number of benzene rings is 3. The number of carbonyl (C=O) groups is 2. The molecule has 31 heavy (non-hydrogen) atoms.